The van der Waals surface area contributed by atoms with Gasteiger partial charge in [0.25, 0.3) is 15.9 Å². The molecule has 3 fully saturated rings. The fourth-order valence-corrected chi connectivity index (χ4v) is 10.2. The van der Waals surface area contributed by atoms with Crippen molar-refractivity contribution in [3.8, 4) is 23.4 Å². The minimum Gasteiger partial charge on any atom is -0.497 e. The molecule has 0 radical (unpaired) electrons. The van der Waals surface area contributed by atoms with Crippen LogP contribution in [0.3, 0.4) is 0 Å². The molecule has 1 unspecified atom stereocenters. The van der Waals surface area contributed by atoms with Gasteiger partial charge in [0.05, 0.1) is 43.7 Å². The average Bonchev–Trinajstić information content (AvgIpc) is 3.44. The van der Waals surface area contributed by atoms with E-state index < -0.39 is 33.6 Å². The second-order valence-corrected chi connectivity index (χ2v) is 16.7. The van der Waals surface area contributed by atoms with Gasteiger partial charge < -0.3 is 29.5 Å². The van der Waals surface area contributed by atoms with E-state index >= 15 is 4.79 Å². The normalized spacial score (nSPS) is 24.1. The number of halogens is 3. The summed E-state index contributed by atoms with van der Waals surface area (Å²) in [7, 11) is -1.91. The van der Waals surface area contributed by atoms with Crippen LogP contribution in [0.4, 0.5) is 18.9 Å². The van der Waals surface area contributed by atoms with E-state index in [2.05, 4.69) is 33.1 Å². The Kier molecular flexibility index (Phi) is 12.2. The summed E-state index contributed by atoms with van der Waals surface area (Å²) in [6.07, 6.45) is -0.161. The third kappa shape index (κ3) is 8.00. The second kappa shape index (κ2) is 16.7. The van der Waals surface area contributed by atoms with Crippen molar-refractivity contribution in [2.24, 2.45) is 11.3 Å². The number of nitriles is 1. The molecule has 1 spiro atoms. The Morgan fingerprint density at radius 1 is 1.00 bits per heavy atom. The lowest BCUT2D eigenvalue weighted by atomic mass is 9.49. The first-order valence-electron chi connectivity index (χ1n) is 19.0. The summed E-state index contributed by atoms with van der Waals surface area (Å²) >= 11 is 0. The molecule has 2 saturated carbocycles. The highest BCUT2D eigenvalue weighted by molar-refractivity contribution is 7.93. The number of aromatic nitrogens is 1. The summed E-state index contributed by atoms with van der Waals surface area (Å²) < 4.78 is 78.3. The number of anilines is 1. The average molecular weight is 843 g/mol. The molecule has 2 aromatic carbocycles. The third-order valence-electron chi connectivity index (χ3n) is 11.6. The number of carbonyl (C=O) groups is 3. The zero-order valence-electron chi connectivity index (χ0n) is 32.9. The van der Waals surface area contributed by atoms with Crippen molar-refractivity contribution < 1.29 is 55.3 Å². The number of methoxy groups -OCH3 is 2. The van der Waals surface area contributed by atoms with E-state index in [-0.39, 0.29) is 62.7 Å². The Morgan fingerprint density at radius 3 is 2.25 bits per heavy atom. The highest BCUT2D eigenvalue weighted by Crippen LogP contribution is 2.60. The lowest BCUT2D eigenvalue weighted by Gasteiger charge is -2.60. The van der Waals surface area contributed by atoms with Crippen LogP contribution >= 0.6 is 0 Å². The minimum atomic E-state index is -5.08. The minimum absolute atomic E-state index is 0.0106. The molecule has 19 heteroatoms. The first kappa shape index (κ1) is 43.1. The molecule has 1 atom stereocenters. The molecule has 59 heavy (non-hydrogen) atoms. The summed E-state index contributed by atoms with van der Waals surface area (Å²) in [4.78, 5) is 47.7. The number of likely N-dealkylation sites (N-methyl/N-ethyl adjacent to an activating group) is 1. The van der Waals surface area contributed by atoms with E-state index in [9.17, 15) is 31.6 Å². The molecule has 4 aliphatic rings. The molecular formula is C40H45F3N6O9S. The number of rotatable bonds is 11. The second-order valence-electron chi connectivity index (χ2n) is 14.9. The number of ether oxygens (including phenoxy) is 3. The molecule has 2 N–H and O–H groups in total. The molecule has 2 aliphatic heterocycles. The van der Waals surface area contributed by atoms with Gasteiger partial charge in [-0.1, -0.05) is 6.92 Å². The van der Waals surface area contributed by atoms with Crippen LogP contribution in [0.5, 0.6) is 17.4 Å². The summed E-state index contributed by atoms with van der Waals surface area (Å²) in [5, 5.41) is 20.1. The van der Waals surface area contributed by atoms with E-state index in [0.717, 1.165) is 45.6 Å². The number of sulfonamides is 1. The zero-order valence-corrected chi connectivity index (χ0v) is 33.7. The molecule has 0 bridgehead atoms. The van der Waals surface area contributed by atoms with E-state index in [0.29, 0.717) is 28.9 Å². The van der Waals surface area contributed by atoms with Gasteiger partial charge in [0, 0.05) is 56.0 Å². The topological polar surface area (TPSA) is 192 Å². The largest absolute Gasteiger partial charge is 0.497 e. The smallest absolute Gasteiger partial charge is 0.490 e. The van der Waals surface area contributed by atoms with E-state index in [4.69, 9.17) is 24.1 Å². The van der Waals surface area contributed by atoms with Crippen LogP contribution in [0, 0.1) is 22.7 Å². The fourth-order valence-electron chi connectivity index (χ4n) is 8.60. The lowest BCUT2D eigenvalue weighted by Crippen LogP contribution is -2.63. The molecule has 7 rings (SSSR count). The third-order valence-corrected chi connectivity index (χ3v) is 13.3. The maximum Gasteiger partial charge on any atom is 0.490 e. The van der Waals surface area contributed by atoms with Gasteiger partial charge in [-0.3, -0.25) is 14.5 Å². The first-order valence-corrected chi connectivity index (χ1v) is 20.5. The number of aliphatic carboxylic acids is 1. The predicted molar refractivity (Wildman–Crippen MR) is 205 cm³/mol. The number of carboxylic acid groups (broad SMARTS) is 1. The number of benzene rings is 2. The zero-order chi connectivity index (χ0) is 42.9. The predicted octanol–water partition coefficient (Wildman–Crippen LogP) is 4.29. The molecule has 3 heterocycles. The van der Waals surface area contributed by atoms with Gasteiger partial charge in [-0.15, -0.1) is 0 Å². The number of nitrogens with one attached hydrogen (secondary N) is 1. The Hall–Kier alpha value is -5.45. The molecule has 1 aromatic heterocycles. The van der Waals surface area contributed by atoms with Crippen molar-refractivity contribution >= 4 is 33.5 Å². The summed E-state index contributed by atoms with van der Waals surface area (Å²) in [6, 6.07) is 14.3. The number of pyridine rings is 1. The van der Waals surface area contributed by atoms with E-state index in [1.165, 1.54) is 56.8 Å². The first-order chi connectivity index (χ1) is 28.0. The van der Waals surface area contributed by atoms with Crippen LogP contribution in [0.1, 0.15) is 56.2 Å². The molecule has 2 aliphatic carbocycles. The van der Waals surface area contributed by atoms with Crippen LogP contribution in [-0.2, 0) is 29.9 Å². The maximum absolute atomic E-state index is 15.2. The van der Waals surface area contributed by atoms with Gasteiger partial charge >= 0.3 is 12.1 Å². The van der Waals surface area contributed by atoms with Crippen molar-refractivity contribution in [1.29, 1.82) is 5.26 Å². The summed E-state index contributed by atoms with van der Waals surface area (Å²) in [5.41, 5.74) is -1.55. The van der Waals surface area contributed by atoms with E-state index in [1.807, 2.05) is 0 Å². The van der Waals surface area contributed by atoms with Gasteiger partial charge in [-0.05, 0) is 87.0 Å². The summed E-state index contributed by atoms with van der Waals surface area (Å²) in [6.45, 7) is 9.48. The highest BCUT2D eigenvalue weighted by atomic mass is 32.2. The standard InChI is InChI=1S/C38H44N6O7S.C2HF3O2/c1-5-42-14-16-43(17-15-42)27-22-37(23-27)20-26(21-37)34(45)41-38(29-8-7-13-40-35(29)51-6-2)30-18-25(24-39)9-11-31(30)44(36(38)46)52(47,48)33-12-10-28(49-3)19-32(33)50-4;3-2(4,5)1(6)7/h7-13,18-19,26-27H,5-6,14-17,20-23H2,1-4H3,(H,41,45);(H,6,7). The van der Waals surface area contributed by atoms with Crippen LogP contribution in [-0.4, -0.2) is 112 Å². The Bertz CT molecular complexity index is 2250. The van der Waals surface area contributed by atoms with Gasteiger partial charge in [0.2, 0.25) is 11.8 Å². The van der Waals surface area contributed by atoms with Crippen LogP contribution in [0.15, 0.2) is 59.6 Å². The van der Waals surface area contributed by atoms with Crippen molar-refractivity contribution in [3.05, 3.63) is 71.4 Å². The lowest BCUT2D eigenvalue weighted by molar-refractivity contribution is -0.192. The number of fused-ring (bicyclic) bond motifs is 1. The van der Waals surface area contributed by atoms with Gasteiger partial charge in [-0.2, -0.15) is 22.7 Å². The number of amides is 2. The Morgan fingerprint density at radius 2 is 1.68 bits per heavy atom. The molecule has 2 amide bonds. The van der Waals surface area contributed by atoms with E-state index in [1.54, 1.807) is 19.1 Å². The number of hydrogen-bond acceptors (Lipinski definition) is 12. The number of alkyl halides is 3. The number of piperazine rings is 1. The van der Waals surface area contributed by atoms with Crippen molar-refractivity contribution in [1.82, 2.24) is 20.1 Å². The molecule has 15 nitrogen and oxygen atoms in total. The molecule has 1 saturated heterocycles. The van der Waals surface area contributed by atoms with Crippen molar-refractivity contribution in [2.75, 3.05) is 57.9 Å². The number of carbonyl (C=O) groups excluding carboxylic acids is 2. The van der Waals surface area contributed by atoms with Crippen LogP contribution in [0.2, 0.25) is 0 Å². The van der Waals surface area contributed by atoms with Gasteiger partial charge in [-0.25, -0.2) is 18.2 Å². The molecular weight excluding hydrogens is 798 g/mol. The highest BCUT2D eigenvalue weighted by Gasteiger charge is 2.61. The maximum atomic E-state index is 15.2. The van der Waals surface area contributed by atoms with Gasteiger partial charge in [0.15, 0.2) is 5.54 Å². The van der Waals surface area contributed by atoms with Gasteiger partial charge in [0.1, 0.15) is 16.4 Å². The fraction of sp³-hybridized carbons (Fsp3) is 0.475. The Labute approximate surface area is 339 Å². The van der Waals surface area contributed by atoms with Crippen molar-refractivity contribution in [2.45, 2.75) is 62.2 Å². The Balaban J connectivity index is 0.000000768. The van der Waals surface area contributed by atoms with Crippen molar-refractivity contribution in [3.63, 3.8) is 0 Å². The SMILES string of the molecule is CCOc1ncccc1C1(NC(=O)C2CC3(C2)CC(N2CCN(CC)CC2)C3)C(=O)N(S(=O)(=O)c2ccc(OC)cc2OC)c2ccc(C#N)cc21.O=C(O)C(F)(F)F. The van der Waals surface area contributed by atoms with Crippen LogP contribution in [0.25, 0.3) is 0 Å². The summed E-state index contributed by atoms with van der Waals surface area (Å²) in [5.74, 6) is -4.09. The monoisotopic (exact) mass is 842 g/mol. The molecule has 3 aromatic rings. The van der Waals surface area contributed by atoms with Crippen LogP contribution < -0.4 is 23.8 Å². The quantitative estimate of drug-likeness (QED) is 0.278. The number of carboxylic acids is 1. The molecule has 316 valence electrons. The number of hydrogen-bond donors (Lipinski definition) is 2. The number of nitrogens with zero attached hydrogens (tertiary/aromatic N) is 5.